The van der Waals surface area contributed by atoms with Gasteiger partial charge in [0.1, 0.15) is 6.17 Å². The van der Waals surface area contributed by atoms with E-state index >= 15 is 0 Å². The Hall–Kier alpha value is -9.22. The largest absolute Gasteiger partial charge is 0.396 e. The summed E-state index contributed by atoms with van der Waals surface area (Å²) in [7, 11) is 0. The van der Waals surface area contributed by atoms with Gasteiger partial charge in [0.25, 0.3) is 0 Å². The van der Waals surface area contributed by atoms with Gasteiger partial charge >= 0.3 is 0 Å². The molecule has 31 heteroatoms. The molecule has 16 rings (SSSR count). The highest BCUT2D eigenvalue weighted by atomic mass is 19.1. The number of nitrogen functional groups attached to an aromatic ring is 4. The maximum atomic E-state index is 13.1. The van der Waals surface area contributed by atoms with Crippen LogP contribution in [0.25, 0.3) is 44.7 Å². The van der Waals surface area contributed by atoms with Gasteiger partial charge in [0.2, 0.25) is 23.8 Å². The second kappa shape index (κ2) is 25.0. The molecule has 0 spiro atoms. The van der Waals surface area contributed by atoms with E-state index in [1.54, 1.807) is 19.0 Å². The quantitative estimate of drug-likeness (QED) is 0.0748. The third-order valence-corrected chi connectivity index (χ3v) is 18.9. The maximum Gasteiger partial charge on any atom is 0.224 e. The molecular weight excluding hydrogens is 1190 g/mol. The molecule has 4 aliphatic carbocycles. The third-order valence-electron chi connectivity index (χ3n) is 18.9. The number of imidazole rings is 4. The second-order valence-corrected chi connectivity index (χ2v) is 26.9. The molecule has 4 fully saturated rings. The van der Waals surface area contributed by atoms with Crippen LogP contribution in [0.3, 0.4) is 0 Å². The van der Waals surface area contributed by atoms with Crippen LogP contribution in [-0.2, 0) is 0 Å². The van der Waals surface area contributed by atoms with Crippen LogP contribution in [0.15, 0.2) is 73.9 Å². The van der Waals surface area contributed by atoms with Crippen LogP contribution >= 0.6 is 0 Å². The van der Waals surface area contributed by atoms with Crippen molar-refractivity contribution in [2.75, 3.05) is 121 Å². The van der Waals surface area contributed by atoms with Crippen molar-refractivity contribution in [2.24, 2.45) is 40.9 Å². The Balaban J connectivity index is 0.000000113. The first-order valence-electron chi connectivity index (χ1n) is 31.6. The van der Waals surface area contributed by atoms with E-state index < -0.39 is 11.8 Å². The van der Waals surface area contributed by atoms with Crippen molar-refractivity contribution >= 4 is 91.7 Å². The van der Waals surface area contributed by atoms with E-state index in [1.807, 2.05) is 72.5 Å². The fourth-order valence-electron chi connectivity index (χ4n) is 13.5. The van der Waals surface area contributed by atoms with Crippen molar-refractivity contribution in [2.45, 2.75) is 89.3 Å². The lowest BCUT2D eigenvalue weighted by atomic mass is 9.84. The molecule has 0 radical (unpaired) electrons. The topological polar surface area (TPSA) is 416 Å². The molecule has 8 aromatic heterocycles. The summed E-state index contributed by atoms with van der Waals surface area (Å²) in [6, 6.07) is 2.73. The number of hydrogen-bond acceptors (Lipinski definition) is 26. The number of aliphatic hydroxyl groups is 5. The fourth-order valence-corrected chi connectivity index (χ4v) is 13.5. The van der Waals surface area contributed by atoms with E-state index in [4.69, 9.17) is 28.2 Å². The molecular formula is C62H80FN25O5. The Morgan fingerprint density at radius 2 is 0.763 bits per heavy atom. The number of fused-ring (bicyclic) bond motifs is 4. The van der Waals surface area contributed by atoms with E-state index in [-0.39, 0.29) is 110 Å². The first-order valence-corrected chi connectivity index (χ1v) is 31.6. The second-order valence-electron chi connectivity index (χ2n) is 26.9. The summed E-state index contributed by atoms with van der Waals surface area (Å²) in [6.07, 6.45) is 25.9. The third kappa shape index (κ3) is 12.4. The number of nitriles is 1. The zero-order valence-electron chi connectivity index (χ0n) is 52.4. The summed E-state index contributed by atoms with van der Waals surface area (Å²) in [6.45, 7) is 14.0. The number of nitrogens with two attached hydrogens (primary N) is 4. The van der Waals surface area contributed by atoms with Crippen LogP contribution in [0.5, 0.6) is 0 Å². The molecule has 0 bridgehead atoms. The van der Waals surface area contributed by atoms with E-state index in [2.05, 4.69) is 114 Å². The molecule has 30 nitrogen and oxygen atoms in total. The number of halogens is 1. The van der Waals surface area contributed by atoms with Gasteiger partial charge in [0.15, 0.2) is 67.9 Å². The lowest BCUT2D eigenvalue weighted by Gasteiger charge is -2.46. The molecule has 13 N–H and O–H groups in total. The molecule has 8 aromatic rings. The van der Waals surface area contributed by atoms with E-state index in [0.29, 0.717) is 71.2 Å². The van der Waals surface area contributed by atoms with Gasteiger partial charge in [-0.05, 0) is 44.9 Å². The van der Waals surface area contributed by atoms with Crippen LogP contribution < -0.4 is 42.5 Å². The zero-order chi connectivity index (χ0) is 65.2. The predicted octanol–water partition coefficient (Wildman–Crippen LogP) is 3.24. The molecule has 4 saturated heterocycles. The molecule has 0 saturated carbocycles. The number of nitrogens with zero attached hydrogens (tertiary/aromatic N) is 21. The first kappa shape index (κ1) is 62.6. The molecule has 8 aliphatic rings. The van der Waals surface area contributed by atoms with Crippen LogP contribution in [-0.4, -0.2) is 194 Å². The van der Waals surface area contributed by atoms with Gasteiger partial charge in [-0.15, -0.1) is 0 Å². The van der Waals surface area contributed by atoms with Crippen LogP contribution in [0.4, 0.5) is 51.5 Å². The van der Waals surface area contributed by atoms with Gasteiger partial charge < -0.3 is 86.3 Å². The summed E-state index contributed by atoms with van der Waals surface area (Å²) in [5.41, 5.74) is 28.9. The van der Waals surface area contributed by atoms with Gasteiger partial charge in [0, 0.05) is 95.3 Å². The lowest BCUT2D eigenvalue weighted by molar-refractivity contribution is 0.00445. The first-order chi connectivity index (χ1) is 44.7. The Kier molecular flexibility index (Phi) is 16.8. The van der Waals surface area contributed by atoms with E-state index in [0.717, 1.165) is 80.2 Å². The van der Waals surface area contributed by atoms with E-state index in [9.17, 15) is 29.9 Å². The van der Waals surface area contributed by atoms with Gasteiger partial charge in [0.05, 0.1) is 80.2 Å². The molecule has 8 atom stereocenters. The molecule has 12 heterocycles. The van der Waals surface area contributed by atoms with Gasteiger partial charge in [-0.3, -0.25) is 0 Å². The van der Waals surface area contributed by atoms with Crippen LogP contribution in [0.1, 0.15) is 77.5 Å². The van der Waals surface area contributed by atoms with Crippen molar-refractivity contribution in [3.8, 4) is 6.07 Å². The normalized spacial score (nSPS) is 24.8. The Labute approximate surface area is 534 Å². The maximum absolute atomic E-state index is 13.1. The minimum atomic E-state index is -0.823. The highest BCUT2D eigenvalue weighted by Crippen LogP contribution is 2.41. The number of aliphatic hydroxyl groups excluding tert-OH is 4. The van der Waals surface area contributed by atoms with Gasteiger partial charge in [-0.1, -0.05) is 62.5 Å². The van der Waals surface area contributed by atoms with Crippen molar-refractivity contribution in [3.05, 3.63) is 73.9 Å². The van der Waals surface area contributed by atoms with Gasteiger partial charge in [-0.25, -0.2) is 24.3 Å². The molecule has 93 heavy (non-hydrogen) atoms. The van der Waals surface area contributed by atoms with Crippen molar-refractivity contribution in [1.29, 1.82) is 5.26 Å². The minimum Gasteiger partial charge on any atom is -0.396 e. The average Bonchev–Trinajstić information content (AvgIpc) is 1.71. The minimum absolute atomic E-state index is 0.0337. The summed E-state index contributed by atoms with van der Waals surface area (Å²) in [5.74, 6) is 4.63. The summed E-state index contributed by atoms with van der Waals surface area (Å²) < 4.78 is 21.1. The van der Waals surface area contributed by atoms with E-state index in [1.165, 1.54) is 0 Å². The monoisotopic (exact) mass is 1270 g/mol. The number of rotatable bonds is 13. The number of alkyl halides is 1. The summed E-state index contributed by atoms with van der Waals surface area (Å²) in [4.78, 5) is 60.9. The Bertz CT molecular complexity index is 4210. The van der Waals surface area contributed by atoms with Crippen molar-refractivity contribution in [1.82, 2.24) is 78.1 Å². The van der Waals surface area contributed by atoms with Crippen molar-refractivity contribution in [3.63, 3.8) is 0 Å². The molecule has 0 aromatic carbocycles. The van der Waals surface area contributed by atoms with Crippen LogP contribution in [0, 0.1) is 52.3 Å². The number of anilines is 8. The Morgan fingerprint density at radius 3 is 1.02 bits per heavy atom. The average molecular weight is 1270 g/mol. The molecule has 0 amide bonds. The molecule has 0 unspecified atom stereocenters. The molecule has 4 aliphatic heterocycles. The fraction of sp³-hybridized carbons (Fsp3) is 0.532. The standard InChI is InChI=1S/C17H24N6O2.C16H22N6O.C15H17N7O.C14H17FN6O/c1-17(2,25)11-6-22(7-11)14-13-15(21-16(18)20-14)23(9-19-13)12-4-3-10(5-12)8-24;1-16(2)7-21(8-16)13-12-14(20-15(17)19-13)22(9-18-12)11-4-3-10(5-11)6-23;16-4-10-5-21(6-10)13-12-14(20-15(17)19-13)22(8-18-12)11-2-1-9(3-11)7-23;15-9-4-20(5-9)12-11-13(19-14(16)18-12)21(7-17-11)10-2-1-8(3-10)6-22/h3-4,9-12,24-25H,5-8H2,1-2H3,(H2,18,20,21);3-4,9-11,23H,5-8H2,1-2H3,(H2,17,19,20);1-2,8-11,23H,3,5-7H2,(H2,17,19,20);1-2,7-10,22H,3-6H2,(H2,16,18,19)/t10-,12+;10-,11+;9-,11+;8-,10+/m1111/s1. The van der Waals surface area contributed by atoms with Gasteiger partial charge in [-0.2, -0.15) is 45.1 Å². The lowest BCUT2D eigenvalue weighted by Crippen LogP contribution is -2.56. The predicted molar refractivity (Wildman–Crippen MR) is 349 cm³/mol. The SMILES string of the molecule is CC(C)(O)C1CN(c2nc(N)nc3c2ncn3[C@H]2C=C[C@@H](CO)C2)C1.CC1(C)CN(c2nc(N)nc3c2ncn3[C@H]2C=C[C@@H](CO)C2)C1.N#CC1CN(c2nc(N)nc3c2ncn3[C@H]2C=C[C@@H](CO)C2)C1.Nc1nc(N2CC(F)C2)c2ncn([C@H]3C=C[C@@H](CO)C3)c2n1. The zero-order valence-corrected chi connectivity index (χ0v) is 52.4. The highest BCUT2D eigenvalue weighted by molar-refractivity contribution is 5.88. The summed E-state index contributed by atoms with van der Waals surface area (Å²) in [5, 5.41) is 56.3. The summed E-state index contributed by atoms with van der Waals surface area (Å²) >= 11 is 0. The highest BCUT2D eigenvalue weighted by Gasteiger charge is 2.41. The number of aromatic nitrogens is 16. The Morgan fingerprint density at radius 1 is 0.473 bits per heavy atom. The van der Waals surface area contributed by atoms with Crippen molar-refractivity contribution < 1.29 is 29.9 Å². The molecule has 490 valence electrons. The van der Waals surface area contributed by atoms with Crippen LogP contribution in [0.2, 0.25) is 0 Å². The number of allylic oxidation sites excluding steroid dienone is 4. The smallest absolute Gasteiger partial charge is 0.224 e. The number of hydrogen-bond donors (Lipinski definition) is 9.